The molecule has 1 amide bonds. The van der Waals surface area contributed by atoms with Crippen LogP contribution in [0.1, 0.15) is 5.69 Å². The summed E-state index contributed by atoms with van der Waals surface area (Å²) in [4.78, 5) is 19.6. The van der Waals surface area contributed by atoms with E-state index in [1.165, 1.54) is 0 Å². The minimum Gasteiger partial charge on any atom is -0.359 e. The number of hydrogen-bond donors (Lipinski definition) is 1. The van der Waals surface area contributed by atoms with E-state index in [9.17, 15) is 4.79 Å². The molecule has 1 fully saturated rings. The first-order valence-electron chi connectivity index (χ1n) is 5.34. The molecular formula is C11H16N4O. The number of pyridine rings is 1. The lowest BCUT2D eigenvalue weighted by molar-refractivity contribution is -0.129. The van der Waals surface area contributed by atoms with Crippen molar-refractivity contribution in [2.45, 2.75) is 6.54 Å². The Balaban J connectivity index is 2.09. The summed E-state index contributed by atoms with van der Waals surface area (Å²) in [6.45, 7) is 2.49. The van der Waals surface area contributed by atoms with Crippen LogP contribution in [0.15, 0.2) is 18.3 Å². The molecule has 0 bridgehead atoms. The van der Waals surface area contributed by atoms with Gasteiger partial charge < -0.3 is 15.5 Å². The van der Waals surface area contributed by atoms with Crippen molar-refractivity contribution in [1.29, 1.82) is 0 Å². The van der Waals surface area contributed by atoms with E-state index in [1.807, 2.05) is 24.1 Å². The molecule has 2 rings (SSSR count). The number of rotatable bonds is 2. The Morgan fingerprint density at radius 2 is 2.25 bits per heavy atom. The van der Waals surface area contributed by atoms with Gasteiger partial charge in [0.1, 0.15) is 0 Å². The molecule has 1 aliphatic rings. The summed E-state index contributed by atoms with van der Waals surface area (Å²) >= 11 is 0. The van der Waals surface area contributed by atoms with Crippen molar-refractivity contribution in [2.24, 2.45) is 5.73 Å². The largest absolute Gasteiger partial charge is 0.359 e. The zero-order valence-electron chi connectivity index (χ0n) is 9.39. The molecule has 5 heteroatoms. The van der Waals surface area contributed by atoms with Crippen molar-refractivity contribution in [3.05, 3.63) is 24.0 Å². The lowest BCUT2D eigenvalue weighted by Gasteiger charge is -2.33. The van der Waals surface area contributed by atoms with E-state index in [1.54, 1.807) is 11.1 Å². The summed E-state index contributed by atoms with van der Waals surface area (Å²) in [5, 5.41) is 0. The Hall–Kier alpha value is -1.62. The highest BCUT2D eigenvalue weighted by Crippen LogP contribution is 2.15. The maximum absolute atomic E-state index is 11.5. The number of aromatic nitrogens is 1. The van der Waals surface area contributed by atoms with Crippen LogP contribution in [0.5, 0.6) is 0 Å². The van der Waals surface area contributed by atoms with E-state index in [4.69, 9.17) is 5.73 Å². The Morgan fingerprint density at radius 1 is 1.44 bits per heavy atom. The van der Waals surface area contributed by atoms with Crippen LogP contribution in [0.4, 0.5) is 5.69 Å². The van der Waals surface area contributed by atoms with Crippen molar-refractivity contribution in [3.63, 3.8) is 0 Å². The van der Waals surface area contributed by atoms with E-state index in [0.717, 1.165) is 24.5 Å². The summed E-state index contributed by atoms with van der Waals surface area (Å²) in [5.41, 5.74) is 7.33. The Bertz CT molecular complexity index is 376. The van der Waals surface area contributed by atoms with Crippen LogP contribution in [0.25, 0.3) is 0 Å². The second kappa shape index (κ2) is 4.49. The summed E-state index contributed by atoms with van der Waals surface area (Å²) in [6, 6.07) is 3.87. The van der Waals surface area contributed by atoms with Gasteiger partial charge in [0.25, 0.3) is 0 Å². The molecule has 2 heterocycles. The van der Waals surface area contributed by atoms with Gasteiger partial charge in [-0.1, -0.05) is 0 Å². The monoisotopic (exact) mass is 220 g/mol. The molecule has 0 saturated carbocycles. The normalized spacial score (nSPS) is 16.8. The molecule has 2 N–H and O–H groups in total. The molecule has 0 radical (unpaired) electrons. The third kappa shape index (κ3) is 2.14. The maximum Gasteiger partial charge on any atom is 0.241 e. The molecule has 1 aromatic heterocycles. The predicted octanol–water partition coefficient (Wildman–Crippen LogP) is -0.181. The van der Waals surface area contributed by atoms with Gasteiger partial charge in [-0.2, -0.15) is 0 Å². The number of carbonyl (C=O) groups excluding carboxylic acids is 1. The number of anilines is 1. The standard InChI is InChI=1S/C11H16N4O/c1-14-4-5-15(8-11(14)16)10-3-2-9(6-12)13-7-10/h2-3,7H,4-6,8,12H2,1H3. The predicted molar refractivity (Wildman–Crippen MR) is 62.0 cm³/mol. The van der Waals surface area contributed by atoms with E-state index in [2.05, 4.69) is 4.98 Å². The minimum atomic E-state index is 0.147. The fraction of sp³-hybridized carbons (Fsp3) is 0.455. The molecular weight excluding hydrogens is 204 g/mol. The van der Waals surface area contributed by atoms with Crippen molar-refractivity contribution >= 4 is 11.6 Å². The number of carbonyl (C=O) groups is 1. The van der Waals surface area contributed by atoms with Gasteiger partial charge in [-0.15, -0.1) is 0 Å². The summed E-state index contributed by atoms with van der Waals surface area (Å²) in [6.07, 6.45) is 1.78. The fourth-order valence-electron chi connectivity index (χ4n) is 1.70. The summed E-state index contributed by atoms with van der Waals surface area (Å²) in [7, 11) is 1.83. The summed E-state index contributed by atoms with van der Waals surface area (Å²) in [5.74, 6) is 0.147. The highest BCUT2D eigenvalue weighted by atomic mass is 16.2. The van der Waals surface area contributed by atoms with Gasteiger partial charge in [0, 0.05) is 26.7 Å². The lowest BCUT2D eigenvalue weighted by atomic mass is 10.2. The zero-order valence-corrected chi connectivity index (χ0v) is 9.39. The molecule has 16 heavy (non-hydrogen) atoms. The Labute approximate surface area is 94.9 Å². The highest BCUT2D eigenvalue weighted by Gasteiger charge is 2.21. The first kappa shape index (κ1) is 10.9. The smallest absolute Gasteiger partial charge is 0.241 e. The number of nitrogens with zero attached hydrogens (tertiary/aromatic N) is 3. The van der Waals surface area contributed by atoms with E-state index >= 15 is 0 Å². The minimum absolute atomic E-state index is 0.147. The first-order valence-corrected chi connectivity index (χ1v) is 5.34. The third-order valence-electron chi connectivity index (χ3n) is 2.84. The van der Waals surface area contributed by atoms with E-state index in [0.29, 0.717) is 13.1 Å². The second-order valence-electron chi connectivity index (χ2n) is 3.95. The van der Waals surface area contributed by atoms with Crippen LogP contribution in [0.2, 0.25) is 0 Å². The number of likely N-dealkylation sites (N-methyl/N-ethyl adjacent to an activating group) is 1. The zero-order chi connectivity index (χ0) is 11.5. The molecule has 1 saturated heterocycles. The van der Waals surface area contributed by atoms with Crippen LogP contribution in [-0.2, 0) is 11.3 Å². The molecule has 86 valence electrons. The second-order valence-corrected chi connectivity index (χ2v) is 3.95. The topological polar surface area (TPSA) is 62.5 Å². The number of hydrogen-bond acceptors (Lipinski definition) is 4. The van der Waals surface area contributed by atoms with Crippen molar-refractivity contribution in [3.8, 4) is 0 Å². The van der Waals surface area contributed by atoms with Gasteiger partial charge in [0.15, 0.2) is 0 Å². The molecule has 0 aromatic carbocycles. The number of amides is 1. The van der Waals surface area contributed by atoms with Gasteiger partial charge in [-0.3, -0.25) is 9.78 Å². The molecule has 0 spiro atoms. The highest BCUT2D eigenvalue weighted by molar-refractivity contribution is 5.82. The quantitative estimate of drug-likeness (QED) is 0.751. The molecule has 0 unspecified atom stereocenters. The average molecular weight is 220 g/mol. The van der Waals surface area contributed by atoms with Crippen molar-refractivity contribution in [1.82, 2.24) is 9.88 Å². The van der Waals surface area contributed by atoms with E-state index < -0.39 is 0 Å². The van der Waals surface area contributed by atoms with Crippen molar-refractivity contribution < 1.29 is 4.79 Å². The first-order chi connectivity index (χ1) is 7.70. The molecule has 5 nitrogen and oxygen atoms in total. The Morgan fingerprint density at radius 3 is 2.81 bits per heavy atom. The van der Waals surface area contributed by atoms with Gasteiger partial charge in [0.2, 0.25) is 5.91 Å². The fourth-order valence-corrected chi connectivity index (χ4v) is 1.70. The van der Waals surface area contributed by atoms with Gasteiger partial charge >= 0.3 is 0 Å². The average Bonchev–Trinajstić information content (AvgIpc) is 2.33. The molecule has 0 atom stereocenters. The van der Waals surface area contributed by atoms with Crippen LogP contribution in [-0.4, -0.2) is 42.5 Å². The van der Waals surface area contributed by atoms with Crippen LogP contribution in [0, 0.1) is 0 Å². The third-order valence-corrected chi connectivity index (χ3v) is 2.84. The van der Waals surface area contributed by atoms with Gasteiger partial charge in [0.05, 0.1) is 24.1 Å². The van der Waals surface area contributed by atoms with Gasteiger partial charge in [-0.25, -0.2) is 0 Å². The lowest BCUT2D eigenvalue weighted by Crippen LogP contribution is -2.48. The van der Waals surface area contributed by atoms with Gasteiger partial charge in [-0.05, 0) is 12.1 Å². The van der Waals surface area contributed by atoms with Crippen LogP contribution >= 0.6 is 0 Å². The van der Waals surface area contributed by atoms with E-state index in [-0.39, 0.29) is 5.91 Å². The molecule has 0 aliphatic carbocycles. The van der Waals surface area contributed by atoms with Crippen LogP contribution < -0.4 is 10.6 Å². The number of nitrogens with two attached hydrogens (primary N) is 1. The summed E-state index contributed by atoms with van der Waals surface area (Å²) < 4.78 is 0. The Kier molecular flexibility index (Phi) is 3.05. The number of piperazine rings is 1. The molecule has 1 aliphatic heterocycles. The van der Waals surface area contributed by atoms with Crippen molar-refractivity contribution in [2.75, 3.05) is 31.6 Å². The SMILES string of the molecule is CN1CCN(c2ccc(CN)nc2)CC1=O. The molecule has 1 aromatic rings. The van der Waals surface area contributed by atoms with Crippen LogP contribution in [0.3, 0.4) is 0 Å². The maximum atomic E-state index is 11.5.